The van der Waals surface area contributed by atoms with Gasteiger partial charge in [-0.25, -0.2) is 0 Å². The fraction of sp³-hybridized carbons (Fsp3) is 0.143. The van der Waals surface area contributed by atoms with Gasteiger partial charge in [0.1, 0.15) is 5.75 Å². The molecule has 4 heteroatoms. The molecule has 0 saturated heterocycles. The van der Waals surface area contributed by atoms with E-state index in [0.29, 0.717) is 0 Å². The Morgan fingerprint density at radius 3 is 2.61 bits per heavy atom. The molecule has 0 fully saturated rings. The van der Waals surface area contributed by atoms with Crippen molar-refractivity contribution in [1.29, 1.82) is 0 Å². The molecule has 0 amide bonds. The van der Waals surface area contributed by atoms with Crippen molar-refractivity contribution in [3.8, 4) is 5.75 Å². The molecule has 0 bridgehead atoms. The van der Waals surface area contributed by atoms with E-state index in [1.165, 1.54) is 6.92 Å². The van der Waals surface area contributed by atoms with Crippen molar-refractivity contribution in [1.82, 2.24) is 0 Å². The van der Waals surface area contributed by atoms with E-state index in [2.05, 4.69) is 0 Å². The zero-order valence-corrected chi connectivity index (χ0v) is 10.2. The fourth-order valence-corrected chi connectivity index (χ4v) is 1.75. The van der Waals surface area contributed by atoms with Crippen LogP contribution in [0.1, 0.15) is 12.5 Å². The maximum Gasteiger partial charge on any atom is 0.243 e. The Hall–Kier alpha value is -2.36. The van der Waals surface area contributed by atoms with E-state index in [-0.39, 0.29) is 5.70 Å². The highest BCUT2D eigenvalue weighted by Crippen LogP contribution is 2.22. The number of ether oxygens (including phenoxy) is 1. The molecule has 0 unspecified atom stereocenters. The van der Waals surface area contributed by atoms with E-state index in [1.807, 2.05) is 36.4 Å². The Balaban J connectivity index is 2.49. The molecule has 2 rings (SSSR count). The lowest BCUT2D eigenvalue weighted by Gasteiger charge is -2.03. The molecule has 0 saturated carbocycles. The van der Waals surface area contributed by atoms with Gasteiger partial charge in [0.2, 0.25) is 5.70 Å². The van der Waals surface area contributed by atoms with Gasteiger partial charge >= 0.3 is 0 Å². The van der Waals surface area contributed by atoms with Crippen LogP contribution in [0.5, 0.6) is 5.75 Å². The van der Waals surface area contributed by atoms with Gasteiger partial charge in [-0.2, -0.15) is 0 Å². The Morgan fingerprint density at radius 1 is 1.22 bits per heavy atom. The van der Waals surface area contributed by atoms with Gasteiger partial charge in [-0.05, 0) is 34.5 Å². The molecule has 0 spiro atoms. The zero-order valence-electron chi connectivity index (χ0n) is 10.2. The highest BCUT2D eigenvalue weighted by Gasteiger charge is 2.03. The van der Waals surface area contributed by atoms with Crippen LogP contribution in [-0.4, -0.2) is 12.0 Å². The number of hydrogen-bond acceptors (Lipinski definition) is 3. The summed E-state index contributed by atoms with van der Waals surface area (Å²) < 4.78 is 5.16. The maximum absolute atomic E-state index is 10.6. The van der Waals surface area contributed by atoms with Crippen molar-refractivity contribution in [2.75, 3.05) is 7.11 Å². The number of rotatable bonds is 3. The molecular weight excluding hydrogens is 230 g/mol. The highest BCUT2D eigenvalue weighted by atomic mass is 16.6. The second kappa shape index (κ2) is 4.87. The summed E-state index contributed by atoms with van der Waals surface area (Å²) in [5.74, 6) is 0.773. The lowest BCUT2D eigenvalue weighted by molar-refractivity contribution is -0.422. The average Bonchev–Trinajstić information content (AvgIpc) is 2.37. The summed E-state index contributed by atoms with van der Waals surface area (Å²) in [4.78, 5) is 10.2. The van der Waals surface area contributed by atoms with Crippen LogP contribution >= 0.6 is 0 Å². The Labute approximate surface area is 105 Å². The molecule has 0 radical (unpaired) electrons. The minimum atomic E-state index is -0.393. The van der Waals surface area contributed by atoms with Crippen LogP contribution in [0.4, 0.5) is 0 Å². The van der Waals surface area contributed by atoms with Crippen molar-refractivity contribution < 1.29 is 9.66 Å². The predicted molar refractivity (Wildman–Crippen MR) is 71.1 cm³/mol. The molecule has 18 heavy (non-hydrogen) atoms. The van der Waals surface area contributed by atoms with Gasteiger partial charge in [-0.15, -0.1) is 0 Å². The van der Waals surface area contributed by atoms with E-state index in [4.69, 9.17) is 4.74 Å². The van der Waals surface area contributed by atoms with Crippen LogP contribution in [0.25, 0.3) is 16.8 Å². The molecule has 2 aromatic carbocycles. The molecule has 0 heterocycles. The van der Waals surface area contributed by atoms with Gasteiger partial charge in [0.05, 0.1) is 12.0 Å². The summed E-state index contributed by atoms with van der Waals surface area (Å²) in [5.41, 5.74) is 0.933. The molecule has 4 nitrogen and oxygen atoms in total. The predicted octanol–water partition coefficient (Wildman–Crippen LogP) is 3.49. The number of fused-ring (bicyclic) bond motifs is 1. The molecule has 0 aromatic heterocycles. The summed E-state index contributed by atoms with van der Waals surface area (Å²) in [7, 11) is 1.61. The largest absolute Gasteiger partial charge is 0.497 e. The molecular formula is C14H13NO3. The first-order valence-electron chi connectivity index (χ1n) is 5.50. The molecule has 0 N–H and O–H groups in total. The summed E-state index contributed by atoms with van der Waals surface area (Å²) in [6, 6.07) is 11.5. The average molecular weight is 243 g/mol. The highest BCUT2D eigenvalue weighted by molar-refractivity contribution is 5.86. The lowest BCUT2D eigenvalue weighted by Crippen LogP contribution is -1.92. The van der Waals surface area contributed by atoms with Gasteiger partial charge < -0.3 is 4.74 Å². The number of hydrogen-bond donors (Lipinski definition) is 0. The smallest absolute Gasteiger partial charge is 0.243 e. The standard InChI is InChI=1S/C14H13NO3/c1-10(15(16)17)7-11-3-4-12-5-6-14(18-2)9-13(12)8-11/h3-9H,1-2H3/b10-7-. The molecule has 0 aliphatic heterocycles. The topological polar surface area (TPSA) is 52.4 Å². The van der Waals surface area contributed by atoms with Crippen LogP contribution in [0.3, 0.4) is 0 Å². The number of nitro groups is 1. The summed E-state index contributed by atoms with van der Waals surface area (Å²) in [6.07, 6.45) is 1.55. The van der Waals surface area contributed by atoms with Crippen LogP contribution in [-0.2, 0) is 0 Å². The first-order valence-corrected chi connectivity index (χ1v) is 5.50. The maximum atomic E-state index is 10.6. The lowest BCUT2D eigenvalue weighted by atomic mass is 10.1. The molecule has 92 valence electrons. The Kier molecular flexibility index (Phi) is 3.28. The minimum Gasteiger partial charge on any atom is -0.497 e. The summed E-state index contributed by atoms with van der Waals surface area (Å²) >= 11 is 0. The first kappa shape index (κ1) is 12.1. The quantitative estimate of drug-likeness (QED) is 0.612. The second-order valence-electron chi connectivity index (χ2n) is 4.02. The number of methoxy groups -OCH3 is 1. The number of nitrogens with zero attached hydrogens (tertiary/aromatic N) is 1. The third-order valence-corrected chi connectivity index (χ3v) is 2.74. The third kappa shape index (κ3) is 2.48. The molecule has 2 aromatic rings. The normalized spacial score (nSPS) is 11.6. The van der Waals surface area contributed by atoms with E-state index in [1.54, 1.807) is 13.2 Å². The molecule has 0 aliphatic carbocycles. The fourth-order valence-electron chi connectivity index (χ4n) is 1.75. The monoisotopic (exact) mass is 243 g/mol. The molecule has 0 aliphatic rings. The minimum absolute atomic E-state index is 0.122. The third-order valence-electron chi connectivity index (χ3n) is 2.74. The van der Waals surface area contributed by atoms with E-state index >= 15 is 0 Å². The zero-order chi connectivity index (χ0) is 13.1. The van der Waals surface area contributed by atoms with Crippen molar-refractivity contribution in [3.63, 3.8) is 0 Å². The Bertz CT molecular complexity index is 632. The van der Waals surface area contributed by atoms with Gasteiger partial charge in [0, 0.05) is 13.0 Å². The van der Waals surface area contributed by atoms with E-state index in [0.717, 1.165) is 22.1 Å². The van der Waals surface area contributed by atoms with Crippen molar-refractivity contribution >= 4 is 16.8 Å². The summed E-state index contributed by atoms with van der Waals surface area (Å²) in [5, 5.41) is 12.7. The molecule has 0 atom stereocenters. The SMILES string of the molecule is COc1ccc2ccc(/C=C(/C)[N+](=O)[O-])cc2c1. The van der Waals surface area contributed by atoms with Crippen LogP contribution in [0, 0.1) is 10.1 Å². The van der Waals surface area contributed by atoms with Gasteiger partial charge in [0.15, 0.2) is 0 Å². The van der Waals surface area contributed by atoms with Gasteiger partial charge in [0.25, 0.3) is 0 Å². The number of benzene rings is 2. The van der Waals surface area contributed by atoms with Crippen LogP contribution in [0.2, 0.25) is 0 Å². The first-order chi connectivity index (χ1) is 8.60. The van der Waals surface area contributed by atoms with Crippen molar-refractivity contribution in [2.45, 2.75) is 6.92 Å². The van der Waals surface area contributed by atoms with Crippen LogP contribution in [0.15, 0.2) is 42.1 Å². The van der Waals surface area contributed by atoms with Crippen molar-refractivity contribution in [3.05, 3.63) is 57.8 Å². The van der Waals surface area contributed by atoms with Crippen molar-refractivity contribution in [2.24, 2.45) is 0 Å². The van der Waals surface area contributed by atoms with E-state index in [9.17, 15) is 10.1 Å². The van der Waals surface area contributed by atoms with E-state index < -0.39 is 4.92 Å². The second-order valence-corrected chi connectivity index (χ2v) is 4.02. The van der Waals surface area contributed by atoms with Gasteiger partial charge in [-0.1, -0.05) is 18.2 Å². The van der Waals surface area contributed by atoms with Crippen LogP contribution < -0.4 is 4.74 Å². The summed E-state index contributed by atoms with van der Waals surface area (Å²) in [6.45, 7) is 1.48. The number of allylic oxidation sites excluding steroid dienone is 1. The van der Waals surface area contributed by atoms with Gasteiger partial charge in [-0.3, -0.25) is 10.1 Å². The Morgan fingerprint density at radius 2 is 1.94 bits per heavy atom.